The molecule has 0 saturated carbocycles. The SMILES string of the molecule is C=CC[Si](C)(C)COc1ccc(C(=O)OC)cc1. The van der Waals surface area contributed by atoms with Crippen molar-refractivity contribution in [2.75, 3.05) is 13.3 Å². The van der Waals surface area contributed by atoms with Gasteiger partial charge in [-0.25, -0.2) is 4.79 Å². The van der Waals surface area contributed by atoms with E-state index in [1.807, 2.05) is 6.08 Å². The maximum atomic E-state index is 11.3. The fraction of sp³-hybridized carbons (Fsp3) is 0.357. The number of rotatable bonds is 6. The lowest BCUT2D eigenvalue weighted by Gasteiger charge is -2.20. The second-order valence-electron chi connectivity index (χ2n) is 4.96. The van der Waals surface area contributed by atoms with Crippen LogP contribution in [0.1, 0.15) is 10.4 Å². The molecular formula is C14H20O3Si. The van der Waals surface area contributed by atoms with Gasteiger partial charge in [0.25, 0.3) is 0 Å². The Morgan fingerprint density at radius 1 is 1.33 bits per heavy atom. The summed E-state index contributed by atoms with van der Waals surface area (Å²) in [5.41, 5.74) is 0.535. The number of ether oxygens (including phenoxy) is 2. The van der Waals surface area contributed by atoms with E-state index in [0.29, 0.717) is 5.56 Å². The van der Waals surface area contributed by atoms with Gasteiger partial charge in [-0.15, -0.1) is 6.58 Å². The molecule has 0 heterocycles. The van der Waals surface area contributed by atoms with Crippen molar-refractivity contribution < 1.29 is 14.3 Å². The van der Waals surface area contributed by atoms with E-state index in [4.69, 9.17) is 4.74 Å². The van der Waals surface area contributed by atoms with Crippen molar-refractivity contribution in [2.24, 2.45) is 0 Å². The Labute approximate surface area is 109 Å². The maximum absolute atomic E-state index is 11.3. The Morgan fingerprint density at radius 3 is 2.44 bits per heavy atom. The van der Waals surface area contributed by atoms with Crippen LogP contribution in [-0.4, -0.2) is 27.4 Å². The topological polar surface area (TPSA) is 35.5 Å². The number of esters is 1. The minimum Gasteiger partial charge on any atom is -0.497 e. The fourth-order valence-corrected chi connectivity index (χ4v) is 2.99. The highest BCUT2D eigenvalue weighted by Gasteiger charge is 2.20. The van der Waals surface area contributed by atoms with Gasteiger partial charge in [0.05, 0.1) is 27.0 Å². The van der Waals surface area contributed by atoms with Crippen LogP contribution in [0, 0.1) is 0 Å². The van der Waals surface area contributed by atoms with Crippen LogP contribution in [0.4, 0.5) is 0 Å². The summed E-state index contributed by atoms with van der Waals surface area (Å²) in [5, 5.41) is 0. The van der Waals surface area contributed by atoms with Crippen molar-refractivity contribution in [1.82, 2.24) is 0 Å². The molecule has 98 valence electrons. The van der Waals surface area contributed by atoms with Gasteiger partial charge >= 0.3 is 5.97 Å². The van der Waals surface area contributed by atoms with Crippen LogP contribution in [0.2, 0.25) is 19.1 Å². The highest BCUT2D eigenvalue weighted by molar-refractivity contribution is 6.77. The standard InChI is InChI=1S/C14H20O3Si/c1-5-10-18(3,4)11-17-13-8-6-12(7-9-13)14(15)16-2/h5-9H,1,10-11H2,2-4H3. The second kappa shape index (κ2) is 6.40. The Morgan fingerprint density at radius 2 is 1.94 bits per heavy atom. The molecule has 0 aromatic heterocycles. The van der Waals surface area contributed by atoms with E-state index in [-0.39, 0.29) is 5.97 Å². The Kier molecular flexibility index (Phi) is 5.16. The fourth-order valence-electron chi connectivity index (χ4n) is 1.53. The average molecular weight is 264 g/mol. The first-order valence-corrected chi connectivity index (χ1v) is 9.32. The molecule has 1 aromatic rings. The molecule has 0 aliphatic carbocycles. The molecule has 3 nitrogen and oxygen atoms in total. The van der Waals surface area contributed by atoms with Gasteiger partial charge in [0.1, 0.15) is 5.75 Å². The van der Waals surface area contributed by atoms with Gasteiger partial charge in [-0.2, -0.15) is 0 Å². The molecule has 0 unspecified atom stereocenters. The van der Waals surface area contributed by atoms with Gasteiger partial charge < -0.3 is 9.47 Å². The molecule has 1 aromatic carbocycles. The Bertz CT molecular complexity index is 410. The van der Waals surface area contributed by atoms with E-state index in [2.05, 4.69) is 24.4 Å². The highest BCUT2D eigenvalue weighted by atomic mass is 28.3. The normalized spacial score (nSPS) is 10.8. The van der Waals surface area contributed by atoms with E-state index < -0.39 is 8.07 Å². The van der Waals surface area contributed by atoms with Gasteiger partial charge in [0, 0.05) is 0 Å². The third-order valence-corrected chi connectivity index (χ3v) is 4.92. The zero-order valence-corrected chi connectivity index (χ0v) is 12.2. The van der Waals surface area contributed by atoms with E-state index in [1.54, 1.807) is 24.3 Å². The van der Waals surface area contributed by atoms with Crippen LogP contribution in [0.25, 0.3) is 0 Å². The van der Waals surface area contributed by atoms with Crippen molar-refractivity contribution in [3.8, 4) is 5.75 Å². The predicted octanol–water partition coefficient (Wildman–Crippen LogP) is 3.29. The molecule has 0 amide bonds. The summed E-state index contributed by atoms with van der Waals surface area (Å²) >= 11 is 0. The number of carbonyl (C=O) groups is 1. The predicted molar refractivity (Wildman–Crippen MR) is 75.8 cm³/mol. The molecule has 18 heavy (non-hydrogen) atoms. The van der Waals surface area contributed by atoms with Crippen LogP contribution in [0.3, 0.4) is 0 Å². The molecule has 0 aliphatic rings. The van der Waals surface area contributed by atoms with E-state index in [9.17, 15) is 4.79 Å². The molecule has 0 atom stereocenters. The third kappa shape index (κ3) is 4.37. The molecule has 1 rings (SSSR count). The smallest absolute Gasteiger partial charge is 0.337 e. The second-order valence-corrected chi connectivity index (χ2v) is 9.99. The van der Waals surface area contributed by atoms with Crippen molar-refractivity contribution >= 4 is 14.0 Å². The summed E-state index contributed by atoms with van der Waals surface area (Å²) < 4.78 is 10.4. The summed E-state index contributed by atoms with van der Waals surface area (Å²) in [5.74, 6) is 0.454. The summed E-state index contributed by atoms with van der Waals surface area (Å²) in [6, 6.07) is 8.05. The molecule has 0 radical (unpaired) electrons. The summed E-state index contributed by atoms with van der Waals surface area (Å²) in [4.78, 5) is 11.3. The number of hydrogen-bond donors (Lipinski definition) is 0. The van der Waals surface area contributed by atoms with Gasteiger partial charge in [-0.1, -0.05) is 19.2 Å². The van der Waals surface area contributed by atoms with Crippen molar-refractivity contribution in [3.05, 3.63) is 42.5 Å². The van der Waals surface area contributed by atoms with Crippen molar-refractivity contribution in [2.45, 2.75) is 19.1 Å². The molecule has 0 aliphatic heterocycles. The number of benzene rings is 1. The summed E-state index contributed by atoms with van der Waals surface area (Å²) in [6.07, 6.45) is 2.70. The summed E-state index contributed by atoms with van der Waals surface area (Å²) in [6.45, 7) is 8.29. The van der Waals surface area contributed by atoms with Crippen LogP contribution in [0.15, 0.2) is 36.9 Å². The van der Waals surface area contributed by atoms with Gasteiger partial charge in [0.15, 0.2) is 0 Å². The molecule has 0 bridgehead atoms. The zero-order valence-electron chi connectivity index (χ0n) is 11.2. The minimum absolute atomic E-state index is 0.331. The monoisotopic (exact) mass is 264 g/mol. The average Bonchev–Trinajstić information content (AvgIpc) is 2.36. The van der Waals surface area contributed by atoms with Gasteiger partial charge in [-0.3, -0.25) is 0 Å². The first-order valence-electron chi connectivity index (χ1n) is 5.90. The molecule has 4 heteroatoms. The quantitative estimate of drug-likeness (QED) is 0.449. The molecule has 0 spiro atoms. The number of hydrogen-bond acceptors (Lipinski definition) is 3. The van der Waals surface area contributed by atoms with Crippen LogP contribution >= 0.6 is 0 Å². The lowest BCUT2D eigenvalue weighted by Crippen LogP contribution is -2.33. The highest BCUT2D eigenvalue weighted by Crippen LogP contribution is 2.16. The van der Waals surface area contributed by atoms with Crippen molar-refractivity contribution in [1.29, 1.82) is 0 Å². The number of allylic oxidation sites excluding steroid dienone is 1. The van der Waals surface area contributed by atoms with E-state index in [1.165, 1.54) is 7.11 Å². The van der Waals surface area contributed by atoms with Crippen LogP contribution in [-0.2, 0) is 4.74 Å². The molecule has 0 fully saturated rings. The number of carbonyl (C=O) groups excluding carboxylic acids is 1. The van der Waals surface area contributed by atoms with Crippen molar-refractivity contribution in [3.63, 3.8) is 0 Å². The minimum atomic E-state index is -1.36. The first-order chi connectivity index (χ1) is 8.48. The maximum Gasteiger partial charge on any atom is 0.337 e. The van der Waals surface area contributed by atoms with E-state index >= 15 is 0 Å². The first kappa shape index (κ1) is 14.5. The van der Waals surface area contributed by atoms with Gasteiger partial charge in [-0.05, 0) is 30.3 Å². The summed E-state index contributed by atoms with van der Waals surface area (Å²) in [7, 11) is 0.0109. The molecular weight excluding hydrogens is 244 g/mol. The Balaban J connectivity index is 2.59. The largest absolute Gasteiger partial charge is 0.497 e. The van der Waals surface area contributed by atoms with Crippen LogP contribution < -0.4 is 4.74 Å². The Hall–Kier alpha value is -1.55. The lowest BCUT2D eigenvalue weighted by molar-refractivity contribution is 0.0600. The zero-order chi connectivity index (χ0) is 13.6. The molecule has 0 saturated heterocycles. The van der Waals surface area contributed by atoms with Crippen LogP contribution in [0.5, 0.6) is 5.75 Å². The number of methoxy groups -OCH3 is 1. The third-order valence-electron chi connectivity index (χ3n) is 2.60. The lowest BCUT2D eigenvalue weighted by atomic mass is 10.2. The van der Waals surface area contributed by atoms with E-state index in [0.717, 1.165) is 18.0 Å². The van der Waals surface area contributed by atoms with Gasteiger partial charge in [0.2, 0.25) is 0 Å². The molecule has 0 N–H and O–H groups in total.